The second-order valence-corrected chi connectivity index (χ2v) is 7.59. The molecule has 0 aromatic rings. The van der Waals surface area contributed by atoms with E-state index in [1.54, 1.807) is 0 Å². The van der Waals surface area contributed by atoms with Gasteiger partial charge in [-0.05, 0) is 39.5 Å². The molecule has 22 heavy (non-hydrogen) atoms. The largest absolute Gasteiger partial charge is 0.444 e. The molecule has 1 aliphatic heterocycles. The lowest BCUT2D eigenvalue weighted by Gasteiger charge is -2.27. The van der Waals surface area contributed by atoms with Gasteiger partial charge in [0, 0.05) is 32.2 Å². The Labute approximate surface area is 132 Å². The Morgan fingerprint density at radius 1 is 1.41 bits per heavy atom. The number of hydrogen-bond donors (Lipinski definition) is 3. The Morgan fingerprint density at radius 2 is 2.18 bits per heavy atom. The summed E-state index contributed by atoms with van der Waals surface area (Å²) in [5.74, 6) is 0.387. The Bertz CT molecular complexity index is 375. The molecule has 3 N–H and O–H groups in total. The molecular formula is C16H30N2O4. The molecule has 2 rings (SSSR count). The Kier molecular flexibility index (Phi) is 5.69. The molecule has 1 saturated carbocycles. The average molecular weight is 314 g/mol. The van der Waals surface area contributed by atoms with Crippen LogP contribution in [0.2, 0.25) is 0 Å². The minimum Gasteiger partial charge on any atom is -0.444 e. The SMILES string of the molecule is CC(C)(C)OC(=O)NCC1CCCC1NCC1(O)CCOC1. The zero-order valence-corrected chi connectivity index (χ0v) is 14.0. The fourth-order valence-electron chi connectivity index (χ4n) is 3.14. The lowest BCUT2D eigenvalue weighted by atomic mass is 10.00. The second-order valence-electron chi connectivity index (χ2n) is 7.59. The summed E-state index contributed by atoms with van der Waals surface area (Å²) < 4.78 is 10.5. The van der Waals surface area contributed by atoms with Gasteiger partial charge in [0.2, 0.25) is 0 Å². The molecule has 3 unspecified atom stereocenters. The first-order valence-electron chi connectivity index (χ1n) is 8.28. The Morgan fingerprint density at radius 3 is 2.82 bits per heavy atom. The number of ether oxygens (including phenoxy) is 2. The van der Waals surface area contributed by atoms with Crippen molar-refractivity contribution in [1.29, 1.82) is 0 Å². The van der Waals surface area contributed by atoms with Crippen molar-refractivity contribution < 1.29 is 19.4 Å². The Balaban J connectivity index is 1.72. The van der Waals surface area contributed by atoms with Crippen molar-refractivity contribution >= 4 is 6.09 Å². The minimum absolute atomic E-state index is 0.333. The third-order valence-corrected chi connectivity index (χ3v) is 4.34. The molecule has 2 aliphatic rings. The topological polar surface area (TPSA) is 79.8 Å². The van der Waals surface area contributed by atoms with Gasteiger partial charge in [-0.15, -0.1) is 0 Å². The summed E-state index contributed by atoms with van der Waals surface area (Å²) in [5, 5.41) is 16.6. The molecule has 128 valence electrons. The number of alkyl carbamates (subject to hydrolysis) is 1. The minimum atomic E-state index is -0.730. The van der Waals surface area contributed by atoms with Crippen LogP contribution < -0.4 is 10.6 Å². The summed E-state index contributed by atoms with van der Waals surface area (Å²) in [7, 11) is 0. The highest BCUT2D eigenvalue weighted by molar-refractivity contribution is 5.67. The van der Waals surface area contributed by atoms with Gasteiger partial charge in [-0.25, -0.2) is 4.79 Å². The van der Waals surface area contributed by atoms with Gasteiger partial charge in [0.25, 0.3) is 0 Å². The molecule has 1 amide bonds. The molecule has 0 radical (unpaired) electrons. The van der Waals surface area contributed by atoms with Crippen LogP contribution in [0.4, 0.5) is 4.79 Å². The fraction of sp³-hybridized carbons (Fsp3) is 0.938. The van der Waals surface area contributed by atoms with Crippen LogP contribution in [0.1, 0.15) is 46.5 Å². The quantitative estimate of drug-likeness (QED) is 0.715. The van der Waals surface area contributed by atoms with Crippen LogP contribution in [0.5, 0.6) is 0 Å². The zero-order valence-electron chi connectivity index (χ0n) is 14.0. The normalized spacial score (nSPS) is 32.2. The maximum absolute atomic E-state index is 11.7. The predicted molar refractivity (Wildman–Crippen MR) is 83.8 cm³/mol. The van der Waals surface area contributed by atoms with E-state index in [0.29, 0.717) is 44.7 Å². The zero-order chi connectivity index (χ0) is 16.2. The van der Waals surface area contributed by atoms with Crippen LogP contribution in [0.15, 0.2) is 0 Å². The summed E-state index contributed by atoms with van der Waals surface area (Å²) in [5.41, 5.74) is -1.20. The monoisotopic (exact) mass is 314 g/mol. The van der Waals surface area contributed by atoms with Crippen LogP contribution >= 0.6 is 0 Å². The summed E-state index contributed by atoms with van der Waals surface area (Å²) in [6, 6.07) is 0.333. The van der Waals surface area contributed by atoms with Crippen molar-refractivity contribution in [3.8, 4) is 0 Å². The van der Waals surface area contributed by atoms with Crippen LogP contribution in [0, 0.1) is 5.92 Å². The first-order valence-corrected chi connectivity index (χ1v) is 8.28. The van der Waals surface area contributed by atoms with E-state index < -0.39 is 11.2 Å². The van der Waals surface area contributed by atoms with Crippen molar-refractivity contribution in [2.45, 2.75) is 63.7 Å². The van der Waals surface area contributed by atoms with E-state index in [1.807, 2.05) is 20.8 Å². The van der Waals surface area contributed by atoms with Crippen LogP contribution in [0.25, 0.3) is 0 Å². The number of carbonyl (C=O) groups excluding carboxylic acids is 1. The van der Waals surface area contributed by atoms with E-state index >= 15 is 0 Å². The second kappa shape index (κ2) is 7.15. The number of carbonyl (C=O) groups is 1. The lowest BCUT2D eigenvalue weighted by molar-refractivity contribution is 0.0235. The molecule has 1 heterocycles. The lowest BCUT2D eigenvalue weighted by Crippen LogP contribution is -2.48. The summed E-state index contributed by atoms with van der Waals surface area (Å²) >= 11 is 0. The van der Waals surface area contributed by atoms with Gasteiger partial charge in [-0.3, -0.25) is 0 Å². The highest BCUT2D eigenvalue weighted by atomic mass is 16.6. The van der Waals surface area contributed by atoms with Crippen LogP contribution in [-0.4, -0.2) is 54.7 Å². The van der Waals surface area contributed by atoms with Gasteiger partial charge in [0.1, 0.15) is 11.2 Å². The molecule has 1 aliphatic carbocycles. The molecule has 6 heteroatoms. The first-order chi connectivity index (χ1) is 10.3. The number of amides is 1. The third kappa shape index (κ3) is 5.41. The van der Waals surface area contributed by atoms with E-state index in [2.05, 4.69) is 10.6 Å². The first kappa shape index (κ1) is 17.5. The molecule has 0 bridgehead atoms. The van der Waals surface area contributed by atoms with E-state index in [4.69, 9.17) is 9.47 Å². The number of nitrogens with one attached hydrogen (secondary N) is 2. The highest BCUT2D eigenvalue weighted by Crippen LogP contribution is 2.26. The average Bonchev–Trinajstić information content (AvgIpc) is 3.01. The molecule has 3 atom stereocenters. The van der Waals surface area contributed by atoms with Gasteiger partial charge in [-0.2, -0.15) is 0 Å². The van der Waals surface area contributed by atoms with Crippen molar-refractivity contribution in [2.24, 2.45) is 5.92 Å². The maximum atomic E-state index is 11.7. The standard InChI is InChI=1S/C16H30N2O4/c1-15(2,3)22-14(19)17-9-12-5-4-6-13(12)18-10-16(20)7-8-21-11-16/h12-13,18,20H,4-11H2,1-3H3,(H,17,19). The van der Waals surface area contributed by atoms with Gasteiger partial charge in [0.15, 0.2) is 0 Å². The molecule has 2 fully saturated rings. The van der Waals surface area contributed by atoms with E-state index in [9.17, 15) is 9.90 Å². The predicted octanol–water partition coefficient (Wildman–Crippen LogP) is 1.42. The smallest absolute Gasteiger partial charge is 0.407 e. The molecule has 1 saturated heterocycles. The van der Waals surface area contributed by atoms with Crippen LogP contribution in [0.3, 0.4) is 0 Å². The van der Waals surface area contributed by atoms with Gasteiger partial charge in [-0.1, -0.05) is 6.42 Å². The van der Waals surface area contributed by atoms with Gasteiger partial charge < -0.3 is 25.2 Å². The Hall–Kier alpha value is -0.850. The summed E-state index contributed by atoms with van der Waals surface area (Å²) in [4.78, 5) is 11.7. The molecule has 0 aromatic carbocycles. The molecule has 6 nitrogen and oxygen atoms in total. The van der Waals surface area contributed by atoms with Crippen molar-refractivity contribution in [2.75, 3.05) is 26.3 Å². The van der Waals surface area contributed by atoms with Crippen LogP contribution in [-0.2, 0) is 9.47 Å². The van der Waals surface area contributed by atoms with Gasteiger partial charge >= 0.3 is 6.09 Å². The highest BCUT2D eigenvalue weighted by Gasteiger charge is 2.35. The number of hydrogen-bond acceptors (Lipinski definition) is 5. The summed E-state index contributed by atoms with van der Waals surface area (Å²) in [6.07, 6.45) is 3.64. The summed E-state index contributed by atoms with van der Waals surface area (Å²) in [6.45, 7) is 7.78. The van der Waals surface area contributed by atoms with Gasteiger partial charge in [0.05, 0.1) is 6.61 Å². The number of aliphatic hydroxyl groups is 1. The van der Waals surface area contributed by atoms with Crippen molar-refractivity contribution in [3.63, 3.8) is 0 Å². The van der Waals surface area contributed by atoms with Crippen molar-refractivity contribution in [3.05, 3.63) is 0 Å². The molecule has 0 aromatic heterocycles. The van der Waals surface area contributed by atoms with Crippen molar-refractivity contribution in [1.82, 2.24) is 10.6 Å². The van der Waals surface area contributed by atoms with E-state index in [-0.39, 0.29) is 6.09 Å². The van der Waals surface area contributed by atoms with E-state index in [1.165, 1.54) is 0 Å². The third-order valence-electron chi connectivity index (χ3n) is 4.34. The maximum Gasteiger partial charge on any atom is 0.407 e. The van der Waals surface area contributed by atoms with E-state index in [0.717, 1.165) is 19.3 Å². The molecule has 0 spiro atoms. The number of rotatable bonds is 5. The molecular weight excluding hydrogens is 284 g/mol. The fourth-order valence-corrected chi connectivity index (χ4v) is 3.14.